The number of benzene rings is 1. The van der Waals surface area contributed by atoms with E-state index in [0.717, 1.165) is 20.9 Å². The maximum absolute atomic E-state index is 12.4. The first kappa shape index (κ1) is 14.7. The molecule has 0 saturated carbocycles. The summed E-state index contributed by atoms with van der Waals surface area (Å²) in [5.74, 6) is 0.306. The van der Waals surface area contributed by atoms with Crippen LogP contribution in [0.5, 0.6) is 0 Å². The summed E-state index contributed by atoms with van der Waals surface area (Å²) in [6, 6.07) is 11.5. The number of hydrogen-bond donors (Lipinski definition) is 1. The van der Waals surface area contributed by atoms with Crippen LogP contribution in [0.1, 0.15) is 21.6 Å². The minimum Gasteiger partial charge on any atom is -0.307 e. The highest BCUT2D eigenvalue weighted by Gasteiger charge is 2.12. The number of aryl methyl sites for hydroxylation is 2. The SMILES string of the molecule is Cc1ccc2nc(C)c(C(=O)Nc3ccc(Br)cn3)cc2c1. The van der Waals surface area contributed by atoms with Gasteiger partial charge in [0.2, 0.25) is 0 Å². The zero-order chi connectivity index (χ0) is 15.7. The highest BCUT2D eigenvalue weighted by molar-refractivity contribution is 9.10. The number of carbonyl (C=O) groups is 1. The Balaban J connectivity index is 1.96. The third-order valence-electron chi connectivity index (χ3n) is 3.37. The molecule has 0 radical (unpaired) electrons. The zero-order valence-electron chi connectivity index (χ0n) is 12.2. The van der Waals surface area contributed by atoms with Gasteiger partial charge in [0.1, 0.15) is 5.82 Å². The molecular weight excluding hydrogens is 342 g/mol. The third kappa shape index (κ3) is 2.99. The van der Waals surface area contributed by atoms with Gasteiger partial charge in [0.25, 0.3) is 5.91 Å². The molecule has 0 bridgehead atoms. The Kier molecular flexibility index (Phi) is 3.90. The quantitative estimate of drug-likeness (QED) is 0.746. The fraction of sp³-hybridized carbons (Fsp3) is 0.118. The molecular formula is C17H14BrN3O. The number of fused-ring (bicyclic) bond motifs is 1. The molecule has 3 rings (SSSR count). The van der Waals surface area contributed by atoms with Gasteiger partial charge in [-0.15, -0.1) is 0 Å². The molecule has 1 amide bonds. The summed E-state index contributed by atoms with van der Waals surface area (Å²) in [5, 5.41) is 3.75. The highest BCUT2D eigenvalue weighted by Crippen LogP contribution is 2.19. The van der Waals surface area contributed by atoms with Gasteiger partial charge in [0, 0.05) is 16.1 Å². The largest absolute Gasteiger partial charge is 0.307 e. The Bertz CT molecular complexity index is 860. The molecule has 3 aromatic rings. The van der Waals surface area contributed by atoms with E-state index in [1.165, 1.54) is 0 Å². The lowest BCUT2D eigenvalue weighted by Gasteiger charge is -2.09. The normalized spacial score (nSPS) is 10.7. The zero-order valence-corrected chi connectivity index (χ0v) is 13.8. The van der Waals surface area contributed by atoms with E-state index in [9.17, 15) is 4.79 Å². The van der Waals surface area contributed by atoms with Crippen LogP contribution < -0.4 is 5.32 Å². The molecule has 0 fully saturated rings. The van der Waals surface area contributed by atoms with Gasteiger partial charge in [0.05, 0.1) is 16.8 Å². The number of amides is 1. The van der Waals surface area contributed by atoms with Crippen LogP contribution in [-0.4, -0.2) is 15.9 Å². The first-order chi connectivity index (χ1) is 10.5. The molecule has 1 aromatic carbocycles. The lowest BCUT2D eigenvalue weighted by atomic mass is 10.1. The first-order valence-corrected chi connectivity index (χ1v) is 7.63. The molecule has 0 aliphatic carbocycles. The molecule has 2 heterocycles. The van der Waals surface area contributed by atoms with Crippen molar-refractivity contribution in [2.45, 2.75) is 13.8 Å². The second-order valence-corrected chi connectivity index (χ2v) is 6.05. The molecule has 0 saturated heterocycles. The van der Waals surface area contributed by atoms with Gasteiger partial charge in [0.15, 0.2) is 0 Å². The van der Waals surface area contributed by atoms with Gasteiger partial charge in [-0.25, -0.2) is 4.98 Å². The van der Waals surface area contributed by atoms with Crippen LogP contribution in [0.25, 0.3) is 10.9 Å². The number of nitrogens with one attached hydrogen (secondary N) is 1. The van der Waals surface area contributed by atoms with E-state index in [1.54, 1.807) is 12.3 Å². The number of hydrogen-bond acceptors (Lipinski definition) is 3. The van der Waals surface area contributed by atoms with Crippen LogP contribution in [0.3, 0.4) is 0 Å². The molecule has 1 N–H and O–H groups in total. The van der Waals surface area contributed by atoms with Gasteiger partial charge in [-0.05, 0) is 60.1 Å². The van der Waals surface area contributed by atoms with Crippen LogP contribution in [0.4, 0.5) is 5.82 Å². The van der Waals surface area contributed by atoms with Crippen molar-refractivity contribution in [1.29, 1.82) is 0 Å². The van der Waals surface area contributed by atoms with Crippen molar-refractivity contribution >= 4 is 38.6 Å². The summed E-state index contributed by atoms with van der Waals surface area (Å²) in [6.45, 7) is 3.86. The van der Waals surface area contributed by atoms with Crippen LogP contribution in [0.15, 0.2) is 47.1 Å². The number of pyridine rings is 2. The maximum Gasteiger partial charge on any atom is 0.258 e. The third-order valence-corrected chi connectivity index (χ3v) is 3.84. The molecule has 0 spiro atoms. The number of halogens is 1. The maximum atomic E-state index is 12.4. The highest BCUT2D eigenvalue weighted by atomic mass is 79.9. The van der Waals surface area contributed by atoms with E-state index >= 15 is 0 Å². The Labute approximate surface area is 136 Å². The molecule has 5 heteroatoms. The van der Waals surface area contributed by atoms with E-state index in [2.05, 4.69) is 31.2 Å². The minimum atomic E-state index is -0.205. The molecule has 0 aliphatic rings. The second kappa shape index (κ2) is 5.85. The molecule has 110 valence electrons. The number of rotatable bonds is 2. The van der Waals surface area contributed by atoms with Crippen molar-refractivity contribution in [3.05, 3.63) is 63.9 Å². The monoisotopic (exact) mass is 355 g/mol. The summed E-state index contributed by atoms with van der Waals surface area (Å²) < 4.78 is 0.865. The van der Waals surface area contributed by atoms with Crippen molar-refractivity contribution in [2.75, 3.05) is 5.32 Å². The van der Waals surface area contributed by atoms with Crippen LogP contribution in [0, 0.1) is 13.8 Å². The summed E-state index contributed by atoms with van der Waals surface area (Å²) in [4.78, 5) is 21.1. The molecule has 0 aliphatic heterocycles. The lowest BCUT2D eigenvalue weighted by Crippen LogP contribution is -2.15. The van der Waals surface area contributed by atoms with Gasteiger partial charge in [-0.3, -0.25) is 9.78 Å². The fourth-order valence-corrected chi connectivity index (χ4v) is 2.49. The Hall–Kier alpha value is -2.27. The van der Waals surface area contributed by atoms with Gasteiger partial charge in [-0.2, -0.15) is 0 Å². The number of anilines is 1. The minimum absolute atomic E-state index is 0.205. The Morgan fingerprint density at radius 2 is 1.95 bits per heavy atom. The second-order valence-electron chi connectivity index (χ2n) is 5.13. The standard InChI is InChI=1S/C17H14BrN3O/c1-10-3-5-15-12(7-10)8-14(11(2)20-15)17(22)21-16-6-4-13(18)9-19-16/h3-9H,1-2H3,(H,19,21,22). The van der Waals surface area contributed by atoms with Gasteiger partial charge >= 0.3 is 0 Å². The molecule has 0 atom stereocenters. The Morgan fingerprint density at radius 3 is 2.68 bits per heavy atom. The Morgan fingerprint density at radius 1 is 1.14 bits per heavy atom. The number of aromatic nitrogens is 2. The molecule has 0 unspecified atom stereocenters. The molecule has 22 heavy (non-hydrogen) atoms. The molecule has 2 aromatic heterocycles. The van der Waals surface area contributed by atoms with Gasteiger partial charge < -0.3 is 5.32 Å². The van der Waals surface area contributed by atoms with E-state index in [1.807, 2.05) is 44.2 Å². The average Bonchev–Trinajstić information content (AvgIpc) is 2.49. The fourth-order valence-electron chi connectivity index (χ4n) is 2.26. The smallest absolute Gasteiger partial charge is 0.258 e. The summed E-state index contributed by atoms with van der Waals surface area (Å²) >= 11 is 3.32. The van der Waals surface area contributed by atoms with Crippen molar-refractivity contribution in [3.8, 4) is 0 Å². The summed E-state index contributed by atoms with van der Waals surface area (Å²) in [6.07, 6.45) is 1.64. The van der Waals surface area contributed by atoms with Crippen LogP contribution in [0.2, 0.25) is 0 Å². The predicted molar refractivity (Wildman–Crippen MR) is 91.1 cm³/mol. The van der Waals surface area contributed by atoms with Crippen molar-refractivity contribution in [1.82, 2.24) is 9.97 Å². The van der Waals surface area contributed by atoms with Crippen LogP contribution >= 0.6 is 15.9 Å². The predicted octanol–water partition coefficient (Wildman–Crippen LogP) is 4.26. The van der Waals surface area contributed by atoms with E-state index in [0.29, 0.717) is 17.1 Å². The number of carbonyl (C=O) groups excluding carboxylic acids is 1. The number of nitrogens with zero attached hydrogens (tertiary/aromatic N) is 2. The van der Waals surface area contributed by atoms with E-state index < -0.39 is 0 Å². The summed E-state index contributed by atoms with van der Waals surface area (Å²) in [7, 11) is 0. The van der Waals surface area contributed by atoms with Gasteiger partial charge in [-0.1, -0.05) is 11.6 Å². The van der Waals surface area contributed by atoms with Crippen molar-refractivity contribution < 1.29 is 4.79 Å². The average molecular weight is 356 g/mol. The first-order valence-electron chi connectivity index (χ1n) is 6.84. The van der Waals surface area contributed by atoms with Crippen LogP contribution in [-0.2, 0) is 0 Å². The van der Waals surface area contributed by atoms with E-state index in [4.69, 9.17) is 0 Å². The lowest BCUT2D eigenvalue weighted by molar-refractivity contribution is 0.102. The van der Waals surface area contributed by atoms with Crippen molar-refractivity contribution in [2.24, 2.45) is 0 Å². The molecule has 4 nitrogen and oxygen atoms in total. The topological polar surface area (TPSA) is 54.9 Å². The van der Waals surface area contributed by atoms with Crippen molar-refractivity contribution in [3.63, 3.8) is 0 Å². The summed E-state index contributed by atoms with van der Waals surface area (Å²) in [5.41, 5.74) is 3.29. The van der Waals surface area contributed by atoms with E-state index in [-0.39, 0.29) is 5.91 Å².